The quantitative estimate of drug-likeness (QED) is 0.758. The maximum atomic E-state index is 12.2. The third-order valence-corrected chi connectivity index (χ3v) is 2.74. The Hall–Kier alpha value is -1.10. The Labute approximate surface area is 109 Å². The van der Waals surface area contributed by atoms with Gasteiger partial charge in [0, 0.05) is 13.1 Å². The average molecular weight is 256 g/mol. The van der Waals surface area contributed by atoms with Crippen molar-refractivity contribution in [3.05, 3.63) is 0 Å². The second kappa shape index (κ2) is 5.69. The minimum atomic E-state index is -0.526. The van der Waals surface area contributed by atoms with Crippen LogP contribution < -0.4 is 5.32 Å². The minimum Gasteiger partial charge on any atom is -0.458 e. The third kappa shape index (κ3) is 3.98. The van der Waals surface area contributed by atoms with E-state index in [1.807, 2.05) is 34.6 Å². The summed E-state index contributed by atoms with van der Waals surface area (Å²) in [6.45, 7) is 10.9. The van der Waals surface area contributed by atoms with E-state index in [1.165, 1.54) is 0 Å². The summed E-state index contributed by atoms with van der Waals surface area (Å²) >= 11 is 0. The summed E-state index contributed by atoms with van der Waals surface area (Å²) in [5.41, 5.74) is -0.526. The van der Waals surface area contributed by atoms with Crippen LogP contribution in [0.3, 0.4) is 0 Å². The highest BCUT2D eigenvalue weighted by molar-refractivity contribution is 5.86. The number of nitrogens with one attached hydrogen (secondary N) is 1. The van der Waals surface area contributed by atoms with Crippen LogP contribution in [-0.2, 0) is 14.3 Å². The lowest BCUT2D eigenvalue weighted by molar-refractivity contribution is -0.167. The summed E-state index contributed by atoms with van der Waals surface area (Å²) in [6.07, 6.45) is 0. The number of carbonyl (C=O) groups is 2. The summed E-state index contributed by atoms with van der Waals surface area (Å²) in [7, 11) is 0. The molecule has 18 heavy (non-hydrogen) atoms. The van der Waals surface area contributed by atoms with Crippen molar-refractivity contribution >= 4 is 11.9 Å². The van der Waals surface area contributed by atoms with Crippen LogP contribution in [0, 0.1) is 5.92 Å². The lowest BCUT2D eigenvalue weighted by Crippen LogP contribution is -2.57. The molecule has 0 saturated carbocycles. The van der Waals surface area contributed by atoms with Crippen molar-refractivity contribution in [2.45, 2.75) is 46.3 Å². The number of hydrogen-bond acceptors (Lipinski definition) is 4. The predicted molar refractivity (Wildman–Crippen MR) is 69.1 cm³/mol. The van der Waals surface area contributed by atoms with Crippen LogP contribution in [0.1, 0.15) is 34.6 Å². The molecule has 1 aliphatic rings. The molecule has 0 spiro atoms. The van der Waals surface area contributed by atoms with Crippen LogP contribution in [0.25, 0.3) is 0 Å². The zero-order valence-electron chi connectivity index (χ0n) is 11.9. The molecule has 1 rings (SSSR count). The number of amides is 1. The number of esters is 1. The molecule has 5 nitrogen and oxygen atoms in total. The molecule has 1 N–H and O–H groups in total. The van der Waals surface area contributed by atoms with Gasteiger partial charge in [-0.25, -0.2) is 4.79 Å². The topological polar surface area (TPSA) is 58.6 Å². The molecule has 0 aromatic heterocycles. The molecular formula is C13H24N2O3. The molecule has 1 aliphatic heterocycles. The van der Waals surface area contributed by atoms with E-state index >= 15 is 0 Å². The normalized spacial score (nSPS) is 19.0. The predicted octanol–water partition coefficient (Wildman–Crippen LogP) is 0.785. The summed E-state index contributed by atoms with van der Waals surface area (Å²) in [5.74, 6) is -0.305. The molecule has 1 saturated heterocycles. The van der Waals surface area contributed by atoms with Crippen molar-refractivity contribution in [3.8, 4) is 0 Å². The van der Waals surface area contributed by atoms with Crippen molar-refractivity contribution < 1.29 is 14.3 Å². The zero-order chi connectivity index (χ0) is 13.9. The smallest absolute Gasteiger partial charge is 0.329 e. The first-order chi connectivity index (χ1) is 8.22. The first-order valence-corrected chi connectivity index (χ1v) is 6.45. The van der Waals surface area contributed by atoms with Crippen LogP contribution >= 0.6 is 0 Å². The molecule has 0 aromatic carbocycles. The molecule has 1 fully saturated rings. The van der Waals surface area contributed by atoms with E-state index in [9.17, 15) is 9.59 Å². The van der Waals surface area contributed by atoms with E-state index in [-0.39, 0.29) is 17.8 Å². The standard InChI is InChI=1S/C13H24N2O3/c1-9(2)11(12(17)18-13(3,4)5)15-7-6-14-8-10(15)16/h9,11,14H,6-8H2,1-5H3. The van der Waals surface area contributed by atoms with Gasteiger partial charge in [0.1, 0.15) is 11.6 Å². The number of rotatable bonds is 3. The van der Waals surface area contributed by atoms with E-state index in [2.05, 4.69) is 5.32 Å². The summed E-state index contributed by atoms with van der Waals surface area (Å²) in [4.78, 5) is 25.7. The molecule has 0 radical (unpaired) electrons. The molecule has 1 unspecified atom stereocenters. The molecule has 0 bridgehead atoms. The Morgan fingerprint density at radius 1 is 1.39 bits per heavy atom. The Kier molecular flexibility index (Phi) is 4.73. The fraction of sp³-hybridized carbons (Fsp3) is 0.846. The van der Waals surface area contributed by atoms with Gasteiger partial charge in [0.15, 0.2) is 0 Å². The first-order valence-electron chi connectivity index (χ1n) is 6.45. The van der Waals surface area contributed by atoms with Crippen LogP contribution in [0.2, 0.25) is 0 Å². The molecular weight excluding hydrogens is 232 g/mol. The number of nitrogens with zero attached hydrogens (tertiary/aromatic N) is 1. The fourth-order valence-electron chi connectivity index (χ4n) is 2.04. The second-order valence-corrected chi connectivity index (χ2v) is 5.99. The summed E-state index contributed by atoms with van der Waals surface area (Å²) in [6, 6.07) is -0.487. The van der Waals surface area contributed by atoms with Gasteiger partial charge in [-0.3, -0.25) is 4.79 Å². The highest BCUT2D eigenvalue weighted by Crippen LogP contribution is 2.18. The van der Waals surface area contributed by atoms with Gasteiger partial charge in [-0.1, -0.05) is 13.8 Å². The van der Waals surface area contributed by atoms with Gasteiger partial charge in [-0.2, -0.15) is 0 Å². The van der Waals surface area contributed by atoms with Crippen LogP contribution in [0.5, 0.6) is 0 Å². The van der Waals surface area contributed by atoms with Gasteiger partial charge < -0.3 is 15.0 Å². The largest absolute Gasteiger partial charge is 0.458 e. The summed E-state index contributed by atoms with van der Waals surface area (Å²) in [5, 5.41) is 3.00. The van der Waals surface area contributed by atoms with Crippen molar-refractivity contribution in [1.82, 2.24) is 10.2 Å². The van der Waals surface area contributed by atoms with Crippen LogP contribution in [-0.4, -0.2) is 48.1 Å². The van der Waals surface area contributed by atoms with Gasteiger partial charge in [-0.15, -0.1) is 0 Å². The molecule has 1 amide bonds. The highest BCUT2D eigenvalue weighted by Gasteiger charge is 2.36. The zero-order valence-corrected chi connectivity index (χ0v) is 11.9. The van der Waals surface area contributed by atoms with Gasteiger partial charge in [0.25, 0.3) is 0 Å². The van der Waals surface area contributed by atoms with Gasteiger partial charge in [-0.05, 0) is 26.7 Å². The number of hydrogen-bond donors (Lipinski definition) is 1. The van der Waals surface area contributed by atoms with Gasteiger partial charge in [0.2, 0.25) is 5.91 Å². The average Bonchev–Trinajstić information content (AvgIpc) is 2.17. The van der Waals surface area contributed by atoms with E-state index in [0.717, 1.165) is 6.54 Å². The van der Waals surface area contributed by atoms with E-state index in [4.69, 9.17) is 4.74 Å². The molecule has 104 valence electrons. The van der Waals surface area contributed by atoms with Gasteiger partial charge in [0.05, 0.1) is 6.54 Å². The first kappa shape index (κ1) is 15.0. The van der Waals surface area contributed by atoms with Crippen molar-refractivity contribution in [2.75, 3.05) is 19.6 Å². The molecule has 5 heteroatoms. The highest BCUT2D eigenvalue weighted by atomic mass is 16.6. The lowest BCUT2D eigenvalue weighted by Gasteiger charge is -2.37. The van der Waals surface area contributed by atoms with Crippen LogP contribution in [0.15, 0.2) is 0 Å². The Morgan fingerprint density at radius 3 is 2.44 bits per heavy atom. The van der Waals surface area contributed by atoms with Crippen LogP contribution in [0.4, 0.5) is 0 Å². The number of carbonyl (C=O) groups excluding carboxylic acids is 2. The monoisotopic (exact) mass is 256 g/mol. The molecule has 1 atom stereocenters. The SMILES string of the molecule is CC(C)C(C(=O)OC(C)(C)C)N1CCNCC1=O. The molecule has 0 aromatic rings. The van der Waals surface area contributed by atoms with Crippen molar-refractivity contribution in [3.63, 3.8) is 0 Å². The van der Waals surface area contributed by atoms with E-state index in [0.29, 0.717) is 13.1 Å². The number of ether oxygens (including phenoxy) is 1. The van der Waals surface area contributed by atoms with E-state index in [1.54, 1.807) is 4.90 Å². The van der Waals surface area contributed by atoms with Crippen molar-refractivity contribution in [2.24, 2.45) is 5.92 Å². The fourth-order valence-corrected chi connectivity index (χ4v) is 2.04. The second-order valence-electron chi connectivity index (χ2n) is 5.99. The lowest BCUT2D eigenvalue weighted by atomic mass is 10.0. The third-order valence-electron chi connectivity index (χ3n) is 2.74. The Bertz CT molecular complexity index is 321. The molecule has 0 aliphatic carbocycles. The van der Waals surface area contributed by atoms with Gasteiger partial charge >= 0.3 is 5.97 Å². The number of piperazine rings is 1. The van der Waals surface area contributed by atoms with Crippen molar-refractivity contribution in [1.29, 1.82) is 0 Å². The molecule has 1 heterocycles. The minimum absolute atomic E-state index is 0.0363. The summed E-state index contributed by atoms with van der Waals surface area (Å²) < 4.78 is 5.41. The maximum absolute atomic E-state index is 12.2. The maximum Gasteiger partial charge on any atom is 0.329 e. The van der Waals surface area contributed by atoms with E-state index < -0.39 is 11.6 Å². The Balaban J connectivity index is 2.81. The Morgan fingerprint density at radius 2 is 2.00 bits per heavy atom.